The normalized spacial score (nSPS) is 11.5. The Morgan fingerprint density at radius 3 is 2.37 bits per heavy atom. The quantitative estimate of drug-likeness (QED) is 0.719. The number of rotatable bonds is 5. The van der Waals surface area contributed by atoms with Gasteiger partial charge in [-0.2, -0.15) is 0 Å². The Balaban J connectivity index is 1.68. The lowest BCUT2D eigenvalue weighted by Gasteiger charge is -2.16. The van der Waals surface area contributed by atoms with Gasteiger partial charge in [0.25, 0.3) is 11.8 Å². The fraction of sp³-hybridized carbons (Fsp3) is 0.136. The summed E-state index contributed by atoms with van der Waals surface area (Å²) in [6.45, 7) is 3.77. The van der Waals surface area contributed by atoms with E-state index >= 15 is 0 Å². The van der Waals surface area contributed by atoms with E-state index in [0.29, 0.717) is 16.8 Å². The van der Waals surface area contributed by atoms with E-state index in [2.05, 4.69) is 15.6 Å². The minimum atomic E-state index is -0.215. The van der Waals surface area contributed by atoms with Gasteiger partial charge >= 0.3 is 0 Å². The summed E-state index contributed by atoms with van der Waals surface area (Å²) in [7, 11) is 0. The molecule has 3 aromatic rings. The van der Waals surface area contributed by atoms with Crippen LogP contribution < -0.4 is 10.6 Å². The second kappa shape index (κ2) is 8.27. The maximum absolute atomic E-state index is 12.4. The number of hydrogen-bond donors (Lipinski definition) is 2. The van der Waals surface area contributed by atoms with E-state index in [0.717, 1.165) is 11.3 Å². The van der Waals surface area contributed by atoms with E-state index < -0.39 is 0 Å². The highest BCUT2D eigenvalue weighted by Gasteiger charge is 2.13. The number of anilines is 1. The standard InChI is InChI=1S/C22H21N3O2/c1-15-11-12-19(14-23-15)22(27)24-16(2)18-9-6-10-20(13-18)25-21(26)17-7-4-3-5-8-17/h3-14,16H,1-2H3,(H,24,27)(H,25,26). The molecule has 0 saturated carbocycles. The summed E-state index contributed by atoms with van der Waals surface area (Å²) < 4.78 is 0. The third-order valence-electron chi connectivity index (χ3n) is 4.20. The van der Waals surface area contributed by atoms with Crippen LogP contribution in [0.5, 0.6) is 0 Å². The van der Waals surface area contributed by atoms with Crippen LogP contribution in [0, 0.1) is 6.92 Å². The predicted molar refractivity (Wildman–Crippen MR) is 106 cm³/mol. The summed E-state index contributed by atoms with van der Waals surface area (Å²) in [4.78, 5) is 28.8. The number of nitrogens with zero attached hydrogens (tertiary/aromatic N) is 1. The molecule has 5 nitrogen and oxygen atoms in total. The van der Waals surface area contributed by atoms with Crippen LogP contribution >= 0.6 is 0 Å². The number of nitrogens with one attached hydrogen (secondary N) is 2. The zero-order chi connectivity index (χ0) is 19.2. The van der Waals surface area contributed by atoms with Gasteiger partial charge in [0.15, 0.2) is 0 Å². The summed E-state index contributed by atoms with van der Waals surface area (Å²) in [5.74, 6) is -0.358. The number of amides is 2. The second-order valence-corrected chi connectivity index (χ2v) is 6.33. The van der Waals surface area contributed by atoms with Crippen molar-refractivity contribution in [3.63, 3.8) is 0 Å². The van der Waals surface area contributed by atoms with Crippen molar-refractivity contribution in [1.29, 1.82) is 0 Å². The average molecular weight is 359 g/mol. The molecule has 0 aliphatic rings. The lowest BCUT2D eigenvalue weighted by molar-refractivity contribution is 0.0938. The van der Waals surface area contributed by atoms with Gasteiger partial charge in [0, 0.05) is 23.1 Å². The van der Waals surface area contributed by atoms with Gasteiger partial charge < -0.3 is 10.6 Å². The Kier molecular flexibility index (Phi) is 5.61. The van der Waals surface area contributed by atoms with Crippen molar-refractivity contribution >= 4 is 17.5 Å². The van der Waals surface area contributed by atoms with Gasteiger partial charge in [-0.3, -0.25) is 14.6 Å². The lowest BCUT2D eigenvalue weighted by atomic mass is 10.1. The third-order valence-corrected chi connectivity index (χ3v) is 4.20. The third kappa shape index (κ3) is 4.79. The Morgan fingerprint density at radius 2 is 1.67 bits per heavy atom. The smallest absolute Gasteiger partial charge is 0.255 e. The number of carbonyl (C=O) groups excluding carboxylic acids is 2. The molecule has 1 aromatic heterocycles. The highest BCUT2D eigenvalue weighted by Crippen LogP contribution is 2.18. The first kappa shape index (κ1) is 18.3. The molecule has 136 valence electrons. The van der Waals surface area contributed by atoms with Crippen LogP contribution in [0.3, 0.4) is 0 Å². The van der Waals surface area contributed by atoms with E-state index in [-0.39, 0.29) is 17.9 Å². The van der Waals surface area contributed by atoms with Crippen LogP contribution in [0.1, 0.15) is 44.9 Å². The molecule has 0 aliphatic carbocycles. The minimum Gasteiger partial charge on any atom is -0.345 e. The van der Waals surface area contributed by atoms with E-state index in [1.54, 1.807) is 30.5 Å². The molecule has 2 aromatic carbocycles. The van der Waals surface area contributed by atoms with Crippen molar-refractivity contribution in [2.45, 2.75) is 19.9 Å². The molecule has 0 saturated heterocycles. The molecule has 3 rings (SSSR count). The van der Waals surface area contributed by atoms with Crippen molar-refractivity contribution in [3.05, 3.63) is 95.3 Å². The number of benzene rings is 2. The molecule has 0 bridgehead atoms. The molecule has 5 heteroatoms. The van der Waals surface area contributed by atoms with Crippen LogP contribution in [0.25, 0.3) is 0 Å². The maximum Gasteiger partial charge on any atom is 0.255 e. The van der Waals surface area contributed by atoms with Crippen LogP contribution in [-0.2, 0) is 0 Å². The van der Waals surface area contributed by atoms with Crippen molar-refractivity contribution in [2.75, 3.05) is 5.32 Å². The van der Waals surface area contributed by atoms with E-state index in [1.807, 2.05) is 56.3 Å². The fourth-order valence-corrected chi connectivity index (χ4v) is 2.64. The highest BCUT2D eigenvalue weighted by molar-refractivity contribution is 6.04. The average Bonchev–Trinajstić information content (AvgIpc) is 2.69. The molecular weight excluding hydrogens is 338 g/mol. The van der Waals surface area contributed by atoms with Gasteiger partial charge in [0.1, 0.15) is 0 Å². The molecule has 0 aliphatic heterocycles. The van der Waals surface area contributed by atoms with Crippen molar-refractivity contribution in [3.8, 4) is 0 Å². The van der Waals surface area contributed by atoms with Gasteiger partial charge in [-0.15, -0.1) is 0 Å². The minimum absolute atomic E-state index is 0.171. The fourth-order valence-electron chi connectivity index (χ4n) is 2.64. The zero-order valence-electron chi connectivity index (χ0n) is 15.3. The second-order valence-electron chi connectivity index (χ2n) is 6.33. The Morgan fingerprint density at radius 1 is 0.889 bits per heavy atom. The summed E-state index contributed by atoms with van der Waals surface area (Å²) in [6.07, 6.45) is 1.56. The zero-order valence-corrected chi connectivity index (χ0v) is 15.3. The number of aryl methyl sites for hydroxylation is 1. The van der Waals surface area contributed by atoms with Crippen molar-refractivity contribution in [1.82, 2.24) is 10.3 Å². The maximum atomic E-state index is 12.4. The van der Waals surface area contributed by atoms with Crippen molar-refractivity contribution in [2.24, 2.45) is 0 Å². The SMILES string of the molecule is Cc1ccc(C(=O)NC(C)c2cccc(NC(=O)c3ccccc3)c2)cn1. The van der Waals surface area contributed by atoms with Gasteiger partial charge in [0.05, 0.1) is 11.6 Å². The molecule has 1 atom stereocenters. The molecule has 0 radical (unpaired) electrons. The first-order valence-corrected chi connectivity index (χ1v) is 8.73. The van der Waals surface area contributed by atoms with Crippen molar-refractivity contribution < 1.29 is 9.59 Å². The van der Waals surface area contributed by atoms with Gasteiger partial charge in [-0.1, -0.05) is 30.3 Å². The largest absolute Gasteiger partial charge is 0.345 e. The Bertz CT molecular complexity index is 937. The summed E-state index contributed by atoms with van der Waals surface area (Å²) in [6, 6.07) is 19.8. The Hall–Kier alpha value is -3.47. The molecule has 0 fully saturated rings. The van der Waals surface area contributed by atoms with Crippen LogP contribution in [-0.4, -0.2) is 16.8 Å². The number of aromatic nitrogens is 1. The number of pyridine rings is 1. The van der Waals surface area contributed by atoms with E-state index in [1.165, 1.54) is 0 Å². The summed E-state index contributed by atoms with van der Waals surface area (Å²) in [5.41, 5.74) is 3.55. The molecule has 1 unspecified atom stereocenters. The van der Waals surface area contributed by atoms with Gasteiger partial charge in [-0.05, 0) is 55.8 Å². The van der Waals surface area contributed by atoms with Crippen LogP contribution in [0.4, 0.5) is 5.69 Å². The first-order valence-electron chi connectivity index (χ1n) is 8.73. The lowest BCUT2D eigenvalue weighted by Crippen LogP contribution is -2.26. The number of hydrogen-bond acceptors (Lipinski definition) is 3. The molecule has 2 amide bonds. The summed E-state index contributed by atoms with van der Waals surface area (Å²) >= 11 is 0. The predicted octanol–water partition coefficient (Wildman–Crippen LogP) is 4.13. The first-order chi connectivity index (χ1) is 13.0. The topological polar surface area (TPSA) is 71.1 Å². The van der Waals surface area contributed by atoms with Gasteiger partial charge in [0.2, 0.25) is 0 Å². The van der Waals surface area contributed by atoms with E-state index in [4.69, 9.17) is 0 Å². The van der Waals surface area contributed by atoms with E-state index in [9.17, 15) is 9.59 Å². The molecule has 2 N–H and O–H groups in total. The molecule has 1 heterocycles. The van der Waals surface area contributed by atoms with Crippen LogP contribution in [0.2, 0.25) is 0 Å². The monoisotopic (exact) mass is 359 g/mol. The number of carbonyl (C=O) groups is 2. The molecule has 0 spiro atoms. The molecule has 27 heavy (non-hydrogen) atoms. The Labute approximate surface area is 158 Å². The van der Waals surface area contributed by atoms with Gasteiger partial charge in [-0.25, -0.2) is 0 Å². The summed E-state index contributed by atoms with van der Waals surface area (Å²) in [5, 5.41) is 5.84. The molecular formula is C22H21N3O2. The highest BCUT2D eigenvalue weighted by atomic mass is 16.2. The van der Waals surface area contributed by atoms with Crippen LogP contribution in [0.15, 0.2) is 72.9 Å².